The summed E-state index contributed by atoms with van der Waals surface area (Å²) in [5.74, 6) is -4.25. The lowest BCUT2D eigenvalue weighted by Crippen LogP contribution is -2.26. The highest BCUT2D eigenvalue weighted by Gasteiger charge is 2.39. The molecule has 2 nitrogen and oxygen atoms in total. The van der Waals surface area contributed by atoms with Crippen LogP contribution in [0, 0.1) is 35.2 Å². The number of hydrogen-bond donors (Lipinski definition) is 0. The summed E-state index contributed by atoms with van der Waals surface area (Å²) in [6.45, 7) is 3.81. The van der Waals surface area contributed by atoms with Gasteiger partial charge in [0.1, 0.15) is 11.6 Å². The van der Waals surface area contributed by atoms with Crippen molar-refractivity contribution in [3.8, 4) is 11.5 Å². The molecule has 2 aliphatic rings. The van der Waals surface area contributed by atoms with Crippen molar-refractivity contribution in [1.29, 1.82) is 0 Å². The first kappa shape index (κ1) is 30.0. The summed E-state index contributed by atoms with van der Waals surface area (Å²) in [7, 11) is 0. The van der Waals surface area contributed by atoms with Gasteiger partial charge >= 0.3 is 12.2 Å². The fourth-order valence-corrected chi connectivity index (χ4v) is 6.26. The first-order valence-electron chi connectivity index (χ1n) is 13.7. The normalized spacial score (nSPS) is 23.4. The number of ether oxygens (including phenoxy) is 2. The van der Waals surface area contributed by atoms with Crippen molar-refractivity contribution in [3.05, 3.63) is 83.9 Å². The molecule has 0 aliphatic heterocycles. The summed E-state index contributed by atoms with van der Waals surface area (Å²) in [4.78, 5) is 0. The monoisotopic (exact) mass is 570 g/mol. The fraction of sp³-hybridized carbons (Fsp3) is 0.484. The number of halogens is 7. The summed E-state index contributed by atoms with van der Waals surface area (Å²) in [6, 6.07) is 4.14. The third-order valence-corrected chi connectivity index (χ3v) is 8.37. The molecule has 0 heterocycles. The molecule has 4 rings (SSSR count). The van der Waals surface area contributed by atoms with Crippen molar-refractivity contribution in [2.45, 2.75) is 76.2 Å². The Morgan fingerprint density at radius 2 is 1.45 bits per heavy atom. The maximum absolute atomic E-state index is 14.9. The minimum atomic E-state index is -4.25. The Labute approximate surface area is 229 Å². The van der Waals surface area contributed by atoms with Crippen molar-refractivity contribution in [2.75, 3.05) is 0 Å². The van der Waals surface area contributed by atoms with E-state index in [0.717, 1.165) is 50.2 Å². The van der Waals surface area contributed by atoms with Gasteiger partial charge in [0.05, 0.1) is 5.56 Å². The predicted octanol–water partition coefficient (Wildman–Crippen LogP) is 10.4. The van der Waals surface area contributed by atoms with Gasteiger partial charge in [-0.05, 0) is 92.7 Å². The Morgan fingerprint density at radius 1 is 0.850 bits per heavy atom. The van der Waals surface area contributed by atoms with Crippen LogP contribution in [0.15, 0.2) is 55.3 Å². The van der Waals surface area contributed by atoms with Crippen molar-refractivity contribution in [1.82, 2.24) is 0 Å². The van der Waals surface area contributed by atoms with Crippen LogP contribution < -0.4 is 9.47 Å². The average molecular weight is 571 g/mol. The van der Waals surface area contributed by atoms with Gasteiger partial charge in [-0.2, -0.15) is 17.6 Å². The highest BCUT2D eigenvalue weighted by molar-refractivity contribution is 5.36. The third kappa shape index (κ3) is 7.40. The molecule has 0 radical (unpaired) electrons. The third-order valence-electron chi connectivity index (χ3n) is 8.37. The number of benzene rings is 2. The largest absolute Gasteiger partial charge is 0.453 e. The van der Waals surface area contributed by atoms with Crippen molar-refractivity contribution < 1.29 is 40.2 Å². The van der Waals surface area contributed by atoms with Crippen LogP contribution in [0.25, 0.3) is 0 Å². The minimum Gasteiger partial charge on any atom is -0.453 e. The van der Waals surface area contributed by atoms with Crippen molar-refractivity contribution in [2.24, 2.45) is 17.8 Å². The highest BCUT2D eigenvalue weighted by atomic mass is 19.3. The summed E-state index contributed by atoms with van der Waals surface area (Å²) in [5, 5.41) is 0. The molecule has 0 atom stereocenters. The van der Waals surface area contributed by atoms with Gasteiger partial charge < -0.3 is 9.47 Å². The van der Waals surface area contributed by atoms with Gasteiger partial charge in [0.15, 0.2) is 23.6 Å². The van der Waals surface area contributed by atoms with Gasteiger partial charge in [0.25, 0.3) is 0 Å². The number of alkyl halides is 2. The molecule has 2 aliphatic carbocycles. The number of rotatable bonds is 10. The van der Waals surface area contributed by atoms with Crippen LogP contribution in [-0.4, -0.2) is 0 Å². The molecule has 0 unspecified atom stereocenters. The Morgan fingerprint density at radius 3 is 2.00 bits per heavy atom. The van der Waals surface area contributed by atoms with E-state index in [-0.39, 0.29) is 12.2 Å². The lowest BCUT2D eigenvalue weighted by atomic mass is 9.68. The van der Waals surface area contributed by atoms with Crippen molar-refractivity contribution >= 4 is 0 Å². The SMILES string of the molecule is C=CCCC1CCC(C2CCC(c3ccc(C(F)(F)Oc4cc(F)c(OC=C(F)F)c(F)c4)c(F)c3)CC2)CC1. The molecule has 0 N–H and O–H groups in total. The van der Waals surface area contributed by atoms with Crippen LogP contribution in [0.2, 0.25) is 0 Å². The van der Waals surface area contributed by atoms with E-state index in [9.17, 15) is 30.7 Å². The Bertz CT molecular complexity index is 1170. The zero-order valence-corrected chi connectivity index (χ0v) is 22.1. The quantitative estimate of drug-likeness (QED) is 0.161. The number of hydrogen-bond acceptors (Lipinski definition) is 2. The van der Waals surface area contributed by atoms with E-state index in [4.69, 9.17) is 0 Å². The first-order valence-corrected chi connectivity index (χ1v) is 13.7. The number of allylic oxidation sites excluding steroid dienone is 1. The van der Waals surface area contributed by atoms with Gasteiger partial charge in [-0.25, -0.2) is 13.2 Å². The Kier molecular flexibility index (Phi) is 9.85. The molecular weight excluding hydrogens is 537 g/mol. The van der Waals surface area contributed by atoms with Gasteiger partial charge in [0.2, 0.25) is 0 Å². The standard InChI is InChI=1S/C31H33F7O2/c1-2-3-4-19-5-7-20(8-6-19)21-9-11-22(12-10-21)23-13-14-25(26(32)15-23)31(37,38)40-24-16-27(33)30(28(34)17-24)39-18-29(35)36/h2,13-22H,1,3-12H2. The first-order chi connectivity index (χ1) is 19.1. The van der Waals surface area contributed by atoms with E-state index in [1.165, 1.54) is 38.2 Å². The minimum absolute atomic E-state index is 0.0669. The van der Waals surface area contributed by atoms with Gasteiger partial charge in [0, 0.05) is 12.1 Å². The molecule has 218 valence electrons. The van der Waals surface area contributed by atoms with Crippen LogP contribution in [0.1, 0.15) is 81.3 Å². The van der Waals surface area contributed by atoms with E-state index in [1.807, 2.05) is 6.08 Å². The lowest BCUT2D eigenvalue weighted by Gasteiger charge is -2.38. The van der Waals surface area contributed by atoms with Crippen LogP contribution in [0.3, 0.4) is 0 Å². The van der Waals surface area contributed by atoms with Gasteiger partial charge in [-0.15, -0.1) is 6.58 Å². The van der Waals surface area contributed by atoms with Crippen LogP contribution in [0.5, 0.6) is 11.5 Å². The molecule has 0 aromatic heterocycles. The molecule has 2 aromatic rings. The molecule has 0 bridgehead atoms. The maximum Gasteiger partial charge on any atom is 0.429 e. The molecule has 2 saturated carbocycles. The fourth-order valence-electron chi connectivity index (χ4n) is 6.26. The van der Waals surface area contributed by atoms with E-state index < -0.39 is 46.7 Å². The van der Waals surface area contributed by atoms with Crippen LogP contribution in [0.4, 0.5) is 30.7 Å². The predicted molar refractivity (Wildman–Crippen MR) is 138 cm³/mol. The van der Waals surface area contributed by atoms with Gasteiger partial charge in [-0.1, -0.05) is 25.0 Å². The molecule has 0 spiro atoms. The van der Waals surface area contributed by atoms with Gasteiger partial charge in [-0.3, -0.25) is 0 Å². The zero-order valence-electron chi connectivity index (χ0n) is 22.1. The Balaban J connectivity index is 1.36. The lowest BCUT2D eigenvalue weighted by molar-refractivity contribution is -0.187. The average Bonchev–Trinajstić information content (AvgIpc) is 2.91. The maximum atomic E-state index is 14.9. The molecule has 9 heteroatoms. The zero-order chi connectivity index (χ0) is 28.9. The second-order valence-corrected chi connectivity index (χ2v) is 10.9. The molecule has 2 fully saturated rings. The smallest absolute Gasteiger partial charge is 0.429 e. The Hall–Kier alpha value is -2.97. The summed E-state index contributed by atoms with van der Waals surface area (Å²) < 4.78 is 105. The summed E-state index contributed by atoms with van der Waals surface area (Å²) in [6.07, 6.45) is 6.24. The van der Waals surface area contributed by atoms with E-state index in [2.05, 4.69) is 16.1 Å². The summed E-state index contributed by atoms with van der Waals surface area (Å²) in [5.41, 5.74) is -0.447. The summed E-state index contributed by atoms with van der Waals surface area (Å²) >= 11 is 0. The molecule has 0 amide bonds. The van der Waals surface area contributed by atoms with Crippen LogP contribution in [-0.2, 0) is 6.11 Å². The second-order valence-electron chi connectivity index (χ2n) is 10.9. The second kappa shape index (κ2) is 13.1. The molecule has 40 heavy (non-hydrogen) atoms. The molecular formula is C31H33F7O2. The van der Waals surface area contributed by atoms with Crippen LogP contribution >= 0.6 is 0 Å². The molecule has 0 saturated heterocycles. The highest BCUT2D eigenvalue weighted by Crippen LogP contribution is 2.45. The van der Waals surface area contributed by atoms with Crippen molar-refractivity contribution in [3.63, 3.8) is 0 Å². The van der Waals surface area contributed by atoms with E-state index in [1.54, 1.807) is 0 Å². The van der Waals surface area contributed by atoms with E-state index in [0.29, 0.717) is 29.5 Å². The topological polar surface area (TPSA) is 18.5 Å². The molecule has 2 aromatic carbocycles. The van der Waals surface area contributed by atoms with E-state index >= 15 is 0 Å².